The predicted octanol–water partition coefficient (Wildman–Crippen LogP) is 2.86. The minimum absolute atomic E-state index is 0.410. The van der Waals surface area contributed by atoms with E-state index in [9.17, 15) is 4.79 Å². The van der Waals surface area contributed by atoms with E-state index in [-0.39, 0.29) is 0 Å². The first-order chi connectivity index (χ1) is 7.59. The summed E-state index contributed by atoms with van der Waals surface area (Å²) >= 11 is 4.68. The van der Waals surface area contributed by atoms with Crippen LogP contribution in [0.1, 0.15) is 10.4 Å². The van der Waals surface area contributed by atoms with E-state index in [1.807, 2.05) is 29.6 Å². The highest BCUT2D eigenvalue weighted by atomic mass is 79.9. The van der Waals surface area contributed by atoms with Crippen molar-refractivity contribution in [3.63, 3.8) is 0 Å². The van der Waals surface area contributed by atoms with Gasteiger partial charge in [-0.2, -0.15) is 0 Å². The molecular formula is C11H9BrN2OS. The molecule has 1 amide bonds. The van der Waals surface area contributed by atoms with Gasteiger partial charge in [0.15, 0.2) is 0 Å². The molecule has 5 heteroatoms. The second-order valence-corrected chi connectivity index (χ2v) is 5.09. The molecule has 82 valence electrons. The molecule has 0 aliphatic carbocycles. The van der Waals surface area contributed by atoms with Crippen LogP contribution in [0.4, 0.5) is 5.00 Å². The van der Waals surface area contributed by atoms with Gasteiger partial charge in [0, 0.05) is 15.4 Å². The van der Waals surface area contributed by atoms with Gasteiger partial charge >= 0.3 is 0 Å². The van der Waals surface area contributed by atoms with Gasteiger partial charge in [-0.1, -0.05) is 28.1 Å². The number of nitrogens with two attached hydrogens (primary N) is 2. The molecular weight excluding hydrogens is 288 g/mol. The molecule has 0 saturated carbocycles. The normalized spacial score (nSPS) is 10.3. The lowest BCUT2D eigenvalue weighted by molar-refractivity contribution is 0.100. The van der Waals surface area contributed by atoms with Crippen LogP contribution >= 0.6 is 27.3 Å². The average Bonchev–Trinajstić information content (AvgIpc) is 2.61. The van der Waals surface area contributed by atoms with Gasteiger partial charge in [0.05, 0.1) is 10.6 Å². The summed E-state index contributed by atoms with van der Waals surface area (Å²) in [6.45, 7) is 0. The second kappa shape index (κ2) is 4.27. The van der Waals surface area contributed by atoms with Gasteiger partial charge in [-0.3, -0.25) is 4.79 Å². The molecule has 16 heavy (non-hydrogen) atoms. The molecule has 0 aliphatic rings. The number of amides is 1. The number of nitrogen functional groups attached to an aromatic ring is 1. The smallest absolute Gasteiger partial charge is 0.252 e. The van der Waals surface area contributed by atoms with E-state index in [1.54, 1.807) is 0 Å². The quantitative estimate of drug-likeness (QED) is 0.895. The monoisotopic (exact) mass is 296 g/mol. The van der Waals surface area contributed by atoms with Crippen molar-refractivity contribution < 1.29 is 4.79 Å². The number of carbonyl (C=O) groups is 1. The molecule has 1 heterocycles. The molecule has 0 unspecified atom stereocenters. The molecule has 0 fully saturated rings. The van der Waals surface area contributed by atoms with Crippen molar-refractivity contribution in [2.45, 2.75) is 0 Å². The van der Waals surface area contributed by atoms with E-state index in [1.165, 1.54) is 11.3 Å². The van der Waals surface area contributed by atoms with Crippen molar-refractivity contribution in [1.29, 1.82) is 0 Å². The Morgan fingerprint density at radius 2 is 1.88 bits per heavy atom. The number of thiophene rings is 1. The van der Waals surface area contributed by atoms with Crippen LogP contribution in [0, 0.1) is 0 Å². The van der Waals surface area contributed by atoms with Crippen molar-refractivity contribution in [2.24, 2.45) is 5.73 Å². The topological polar surface area (TPSA) is 69.1 Å². The minimum Gasteiger partial charge on any atom is -0.390 e. The molecule has 0 atom stereocenters. The summed E-state index contributed by atoms with van der Waals surface area (Å²) in [5.41, 5.74) is 13.2. The summed E-state index contributed by atoms with van der Waals surface area (Å²) in [5.74, 6) is -0.489. The van der Waals surface area contributed by atoms with Gasteiger partial charge < -0.3 is 11.5 Å². The van der Waals surface area contributed by atoms with Crippen molar-refractivity contribution >= 4 is 38.2 Å². The fourth-order valence-corrected chi connectivity index (χ4v) is 2.56. The average molecular weight is 297 g/mol. The first-order valence-electron chi connectivity index (χ1n) is 4.52. The highest BCUT2D eigenvalue weighted by molar-refractivity contribution is 9.10. The molecule has 0 spiro atoms. The maximum atomic E-state index is 11.3. The van der Waals surface area contributed by atoms with E-state index < -0.39 is 5.91 Å². The van der Waals surface area contributed by atoms with Crippen molar-refractivity contribution in [3.05, 3.63) is 39.7 Å². The summed E-state index contributed by atoms with van der Waals surface area (Å²) in [6, 6.07) is 7.65. The maximum absolute atomic E-state index is 11.3. The van der Waals surface area contributed by atoms with Crippen LogP contribution in [0.15, 0.2) is 34.1 Å². The number of carbonyl (C=O) groups excluding carboxylic acids is 1. The maximum Gasteiger partial charge on any atom is 0.252 e. The molecule has 0 bridgehead atoms. The van der Waals surface area contributed by atoms with Crippen molar-refractivity contribution in [1.82, 2.24) is 0 Å². The van der Waals surface area contributed by atoms with Crippen LogP contribution in [0.25, 0.3) is 11.1 Å². The first-order valence-corrected chi connectivity index (χ1v) is 6.19. The van der Waals surface area contributed by atoms with Crippen LogP contribution in [0.5, 0.6) is 0 Å². The third-order valence-electron chi connectivity index (χ3n) is 2.22. The summed E-state index contributed by atoms with van der Waals surface area (Å²) in [7, 11) is 0. The Hall–Kier alpha value is -1.33. The van der Waals surface area contributed by atoms with E-state index >= 15 is 0 Å². The number of halogens is 1. The van der Waals surface area contributed by atoms with Gasteiger partial charge in [0.2, 0.25) is 0 Å². The molecule has 2 aromatic rings. The Morgan fingerprint density at radius 1 is 1.25 bits per heavy atom. The van der Waals surface area contributed by atoms with Gasteiger partial charge in [0.25, 0.3) is 5.91 Å². The van der Waals surface area contributed by atoms with E-state index in [2.05, 4.69) is 15.9 Å². The molecule has 0 radical (unpaired) electrons. The predicted molar refractivity (Wildman–Crippen MR) is 70.4 cm³/mol. The van der Waals surface area contributed by atoms with E-state index in [4.69, 9.17) is 11.5 Å². The van der Waals surface area contributed by atoms with E-state index in [0.29, 0.717) is 10.6 Å². The zero-order valence-corrected chi connectivity index (χ0v) is 10.6. The fraction of sp³-hybridized carbons (Fsp3) is 0. The fourth-order valence-electron chi connectivity index (χ4n) is 1.47. The number of hydrogen-bond donors (Lipinski definition) is 2. The zero-order valence-electron chi connectivity index (χ0n) is 8.24. The number of benzene rings is 1. The van der Waals surface area contributed by atoms with Crippen LogP contribution in [-0.2, 0) is 0 Å². The van der Waals surface area contributed by atoms with Gasteiger partial charge in [-0.25, -0.2) is 0 Å². The number of primary amides is 1. The van der Waals surface area contributed by atoms with Crippen LogP contribution in [-0.4, -0.2) is 5.91 Å². The van der Waals surface area contributed by atoms with E-state index in [0.717, 1.165) is 15.6 Å². The number of anilines is 1. The van der Waals surface area contributed by atoms with Gasteiger partial charge in [0.1, 0.15) is 0 Å². The Morgan fingerprint density at radius 3 is 2.44 bits per heavy atom. The molecule has 1 aromatic heterocycles. The highest BCUT2D eigenvalue weighted by Crippen LogP contribution is 2.33. The Labute approximate surface area is 105 Å². The third kappa shape index (κ3) is 1.96. The van der Waals surface area contributed by atoms with Gasteiger partial charge in [-0.15, -0.1) is 11.3 Å². The first kappa shape index (κ1) is 11.2. The Bertz CT molecular complexity index is 533. The van der Waals surface area contributed by atoms with Crippen LogP contribution in [0.2, 0.25) is 0 Å². The largest absolute Gasteiger partial charge is 0.390 e. The Balaban J connectivity index is 2.56. The third-order valence-corrected chi connectivity index (χ3v) is 3.56. The lowest BCUT2D eigenvalue weighted by atomic mass is 10.0. The zero-order chi connectivity index (χ0) is 11.7. The van der Waals surface area contributed by atoms with Crippen molar-refractivity contribution in [2.75, 3.05) is 5.73 Å². The highest BCUT2D eigenvalue weighted by Gasteiger charge is 2.15. The summed E-state index contributed by atoms with van der Waals surface area (Å²) in [4.78, 5) is 11.3. The molecule has 2 rings (SSSR count). The molecule has 3 nitrogen and oxygen atoms in total. The molecule has 1 aromatic carbocycles. The molecule has 0 saturated heterocycles. The Kier molecular flexibility index (Phi) is 2.98. The SMILES string of the molecule is NC(=O)c1c(-c2ccc(Br)cc2)csc1N. The summed E-state index contributed by atoms with van der Waals surface area (Å²) < 4.78 is 0.986. The summed E-state index contributed by atoms with van der Waals surface area (Å²) in [6.07, 6.45) is 0. The molecule has 0 aliphatic heterocycles. The van der Waals surface area contributed by atoms with Crippen LogP contribution < -0.4 is 11.5 Å². The van der Waals surface area contributed by atoms with Gasteiger partial charge in [-0.05, 0) is 17.7 Å². The van der Waals surface area contributed by atoms with Crippen molar-refractivity contribution in [3.8, 4) is 11.1 Å². The standard InChI is InChI=1S/C11H9BrN2OS/c12-7-3-1-6(2-4-7)8-5-16-11(14)9(8)10(13)15/h1-5H,14H2,(H2,13,15). The minimum atomic E-state index is -0.489. The number of hydrogen-bond acceptors (Lipinski definition) is 3. The number of rotatable bonds is 2. The second-order valence-electron chi connectivity index (χ2n) is 3.26. The lowest BCUT2D eigenvalue weighted by Crippen LogP contribution is -2.12. The lowest BCUT2D eigenvalue weighted by Gasteiger charge is -2.02. The summed E-state index contributed by atoms with van der Waals surface area (Å²) in [5, 5.41) is 2.31. The molecule has 4 N–H and O–H groups in total. The van der Waals surface area contributed by atoms with Crippen LogP contribution in [0.3, 0.4) is 0 Å².